The quantitative estimate of drug-likeness (QED) is 0.666. The summed E-state index contributed by atoms with van der Waals surface area (Å²) in [5.74, 6) is -0.204. The molecule has 3 rings (SSSR count). The molecule has 0 aromatic carbocycles. The Bertz CT molecular complexity index is 518. The molecule has 3 amide bonds. The molecular weight excluding hydrogens is 262 g/mol. The Hall–Kier alpha value is -1.69. The molecule has 2 aliphatic rings. The molecule has 1 saturated carbocycles. The van der Waals surface area contributed by atoms with Crippen LogP contribution in [0.4, 0.5) is 4.79 Å². The summed E-state index contributed by atoms with van der Waals surface area (Å²) in [7, 11) is 0. The first-order valence-corrected chi connectivity index (χ1v) is 7.33. The number of carbonyl (C=O) groups is 2. The number of thiophene rings is 1. The van der Waals surface area contributed by atoms with E-state index in [1.54, 1.807) is 6.21 Å². The zero-order valence-corrected chi connectivity index (χ0v) is 11.3. The molecule has 1 spiro atoms. The Morgan fingerprint density at radius 3 is 2.79 bits per heavy atom. The summed E-state index contributed by atoms with van der Waals surface area (Å²) in [6, 6.07) is 3.39. The molecule has 1 aromatic rings. The average molecular weight is 277 g/mol. The normalized spacial score (nSPS) is 22.4. The van der Waals surface area contributed by atoms with Crippen LogP contribution in [0.5, 0.6) is 0 Å². The van der Waals surface area contributed by atoms with Crippen molar-refractivity contribution < 1.29 is 9.59 Å². The second kappa shape index (κ2) is 4.77. The lowest BCUT2D eigenvalue weighted by molar-refractivity contribution is -0.132. The molecular formula is C13H15N3O2S. The maximum atomic E-state index is 12.4. The summed E-state index contributed by atoms with van der Waals surface area (Å²) >= 11 is 1.52. The molecule has 19 heavy (non-hydrogen) atoms. The number of nitrogens with one attached hydrogen (secondary N) is 1. The minimum absolute atomic E-state index is 0.204. The van der Waals surface area contributed by atoms with E-state index in [-0.39, 0.29) is 5.91 Å². The Kier molecular flexibility index (Phi) is 3.10. The van der Waals surface area contributed by atoms with Crippen LogP contribution in [0, 0.1) is 0 Å². The third-order valence-electron chi connectivity index (χ3n) is 3.69. The molecule has 2 heterocycles. The van der Waals surface area contributed by atoms with Crippen LogP contribution >= 0.6 is 11.3 Å². The molecule has 0 unspecified atom stereocenters. The summed E-state index contributed by atoms with van der Waals surface area (Å²) in [6.07, 6.45) is 6.10. The first-order chi connectivity index (χ1) is 9.21. The zero-order valence-electron chi connectivity index (χ0n) is 10.5. The summed E-state index contributed by atoms with van der Waals surface area (Å²) in [5, 5.41) is 9.76. The molecule has 1 saturated heterocycles. The lowest BCUT2D eigenvalue weighted by atomic mass is 9.82. The van der Waals surface area contributed by atoms with E-state index >= 15 is 0 Å². The van der Waals surface area contributed by atoms with Crippen molar-refractivity contribution in [1.82, 2.24) is 10.3 Å². The van der Waals surface area contributed by atoms with Crippen LogP contribution < -0.4 is 5.32 Å². The van der Waals surface area contributed by atoms with Gasteiger partial charge in [-0.2, -0.15) is 5.10 Å². The van der Waals surface area contributed by atoms with Crippen molar-refractivity contribution in [2.45, 2.75) is 37.6 Å². The molecule has 0 bridgehead atoms. The molecule has 1 aliphatic heterocycles. The number of imide groups is 1. The summed E-state index contributed by atoms with van der Waals surface area (Å²) in [6.45, 7) is 0. The van der Waals surface area contributed by atoms with Crippen molar-refractivity contribution in [1.29, 1.82) is 0 Å². The highest BCUT2D eigenvalue weighted by atomic mass is 32.1. The Labute approximate surface area is 115 Å². The minimum Gasteiger partial charge on any atom is -0.321 e. The molecule has 0 radical (unpaired) electrons. The summed E-state index contributed by atoms with van der Waals surface area (Å²) in [5.41, 5.74) is -0.692. The van der Waals surface area contributed by atoms with E-state index in [0.29, 0.717) is 0 Å². The van der Waals surface area contributed by atoms with Gasteiger partial charge in [0, 0.05) is 4.88 Å². The standard InChI is InChI=1S/C13H15N3O2S/c17-11-13(6-2-1-3-7-13)15-12(18)16(11)14-9-10-5-4-8-19-10/h4-5,8-9H,1-3,6-7H2,(H,15,18)/b14-9-. The Morgan fingerprint density at radius 2 is 2.11 bits per heavy atom. The predicted molar refractivity (Wildman–Crippen MR) is 73.1 cm³/mol. The molecule has 2 fully saturated rings. The third-order valence-corrected chi connectivity index (χ3v) is 4.50. The molecule has 6 heteroatoms. The van der Waals surface area contributed by atoms with Gasteiger partial charge in [-0.25, -0.2) is 4.79 Å². The third kappa shape index (κ3) is 2.16. The van der Waals surface area contributed by atoms with Crippen LogP contribution in [0.2, 0.25) is 0 Å². The topological polar surface area (TPSA) is 61.8 Å². The number of urea groups is 1. The average Bonchev–Trinajstić information content (AvgIpc) is 2.99. The fourth-order valence-electron chi connectivity index (χ4n) is 2.68. The van der Waals surface area contributed by atoms with E-state index in [1.807, 2.05) is 17.5 Å². The largest absolute Gasteiger partial charge is 0.346 e. The Morgan fingerprint density at radius 1 is 1.32 bits per heavy atom. The molecule has 1 aliphatic carbocycles. The highest BCUT2D eigenvalue weighted by Gasteiger charge is 2.51. The van der Waals surface area contributed by atoms with Gasteiger partial charge >= 0.3 is 6.03 Å². The van der Waals surface area contributed by atoms with Gasteiger partial charge in [-0.1, -0.05) is 25.3 Å². The van der Waals surface area contributed by atoms with Gasteiger partial charge in [-0.15, -0.1) is 16.3 Å². The van der Waals surface area contributed by atoms with E-state index < -0.39 is 11.6 Å². The van der Waals surface area contributed by atoms with Crippen molar-refractivity contribution in [3.8, 4) is 0 Å². The van der Waals surface area contributed by atoms with Crippen molar-refractivity contribution >= 4 is 29.5 Å². The highest BCUT2D eigenvalue weighted by Crippen LogP contribution is 2.33. The smallest absolute Gasteiger partial charge is 0.321 e. The number of rotatable bonds is 2. The van der Waals surface area contributed by atoms with Gasteiger partial charge in [-0.05, 0) is 24.3 Å². The van der Waals surface area contributed by atoms with Crippen molar-refractivity contribution in [2.75, 3.05) is 0 Å². The fourth-order valence-corrected chi connectivity index (χ4v) is 3.26. The lowest BCUT2D eigenvalue weighted by Gasteiger charge is -2.29. The second-order valence-electron chi connectivity index (χ2n) is 4.95. The van der Waals surface area contributed by atoms with Crippen molar-refractivity contribution in [3.05, 3.63) is 22.4 Å². The van der Waals surface area contributed by atoms with Crippen LogP contribution in [-0.2, 0) is 4.79 Å². The van der Waals surface area contributed by atoms with Crippen LogP contribution in [0.1, 0.15) is 37.0 Å². The number of hydrazone groups is 1. The Balaban J connectivity index is 1.79. The van der Waals surface area contributed by atoms with Gasteiger partial charge in [0.05, 0.1) is 6.21 Å². The first-order valence-electron chi connectivity index (χ1n) is 6.45. The number of nitrogens with zero attached hydrogens (tertiary/aromatic N) is 2. The predicted octanol–water partition coefficient (Wildman–Crippen LogP) is 2.34. The van der Waals surface area contributed by atoms with E-state index in [1.165, 1.54) is 11.3 Å². The minimum atomic E-state index is -0.692. The van der Waals surface area contributed by atoms with Gasteiger partial charge in [0.25, 0.3) is 5.91 Å². The van der Waals surface area contributed by atoms with Gasteiger partial charge in [0.15, 0.2) is 0 Å². The van der Waals surface area contributed by atoms with Gasteiger partial charge in [0.1, 0.15) is 5.54 Å². The number of amides is 3. The van der Waals surface area contributed by atoms with Crippen LogP contribution in [0.15, 0.2) is 22.6 Å². The maximum absolute atomic E-state index is 12.4. The fraction of sp³-hybridized carbons (Fsp3) is 0.462. The monoisotopic (exact) mass is 277 g/mol. The van der Waals surface area contributed by atoms with Crippen LogP contribution in [0.25, 0.3) is 0 Å². The van der Waals surface area contributed by atoms with Gasteiger partial charge in [0.2, 0.25) is 0 Å². The van der Waals surface area contributed by atoms with E-state index in [9.17, 15) is 9.59 Å². The number of hydrogen-bond donors (Lipinski definition) is 1. The van der Waals surface area contributed by atoms with E-state index in [2.05, 4.69) is 10.4 Å². The van der Waals surface area contributed by atoms with Crippen LogP contribution in [0.3, 0.4) is 0 Å². The zero-order chi connectivity index (χ0) is 13.3. The highest BCUT2D eigenvalue weighted by molar-refractivity contribution is 7.11. The molecule has 1 aromatic heterocycles. The van der Waals surface area contributed by atoms with Crippen molar-refractivity contribution in [3.63, 3.8) is 0 Å². The van der Waals surface area contributed by atoms with Gasteiger partial charge < -0.3 is 5.32 Å². The van der Waals surface area contributed by atoms with Crippen LogP contribution in [-0.4, -0.2) is 28.7 Å². The van der Waals surface area contributed by atoms with E-state index in [4.69, 9.17) is 0 Å². The van der Waals surface area contributed by atoms with Gasteiger partial charge in [-0.3, -0.25) is 4.79 Å². The maximum Gasteiger partial charge on any atom is 0.346 e. The van der Waals surface area contributed by atoms with E-state index in [0.717, 1.165) is 42.0 Å². The molecule has 1 N–H and O–H groups in total. The van der Waals surface area contributed by atoms with Crippen molar-refractivity contribution in [2.24, 2.45) is 5.10 Å². The number of carbonyl (C=O) groups excluding carboxylic acids is 2. The molecule has 0 atom stereocenters. The second-order valence-corrected chi connectivity index (χ2v) is 5.93. The molecule has 100 valence electrons. The summed E-state index contributed by atoms with van der Waals surface area (Å²) < 4.78 is 0. The summed E-state index contributed by atoms with van der Waals surface area (Å²) in [4.78, 5) is 25.2. The lowest BCUT2D eigenvalue weighted by Crippen LogP contribution is -2.48. The SMILES string of the molecule is O=C1NC2(CCCCC2)C(=O)N1/N=C\c1cccs1. The first kappa shape index (κ1) is 12.3. The molecule has 5 nitrogen and oxygen atoms in total. The number of hydrogen-bond acceptors (Lipinski definition) is 4.